The van der Waals surface area contributed by atoms with Crippen LogP contribution in [-0.4, -0.2) is 23.2 Å². The van der Waals surface area contributed by atoms with Crippen molar-refractivity contribution >= 4 is 5.97 Å². The summed E-state index contributed by atoms with van der Waals surface area (Å²) in [5, 5.41) is 8.53. The highest BCUT2D eigenvalue weighted by atomic mass is 19.4. The second kappa shape index (κ2) is 4.75. The second-order valence-corrected chi connectivity index (χ2v) is 3.08. The maximum Gasteiger partial charge on any atom is 0.437 e. The molecule has 9 heteroatoms. The number of rotatable bonds is 3. The first-order valence-corrected chi connectivity index (χ1v) is 4.36. The lowest BCUT2D eigenvalue weighted by Gasteiger charge is -2.15. The third-order valence-electron chi connectivity index (χ3n) is 1.93. The van der Waals surface area contributed by atoms with E-state index < -0.39 is 41.3 Å². The normalized spacial score (nSPS) is 11.7. The van der Waals surface area contributed by atoms with Crippen molar-refractivity contribution in [3.63, 3.8) is 0 Å². The average Bonchev–Trinajstić information content (AvgIpc) is 2.25. The Balaban J connectivity index is 3.62. The number of ether oxygens (including phenoxy) is 1. The van der Waals surface area contributed by atoms with Gasteiger partial charge in [0.05, 0.1) is 12.7 Å². The van der Waals surface area contributed by atoms with Crippen molar-refractivity contribution in [1.82, 2.24) is 4.98 Å². The van der Waals surface area contributed by atoms with Gasteiger partial charge in [0.25, 0.3) is 6.43 Å². The van der Waals surface area contributed by atoms with E-state index in [0.29, 0.717) is 6.07 Å². The average molecular weight is 271 g/mol. The predicted molar refractivity (Wildman–Crippen MR) is 47.7 cm³/mol. The van der Waals surface area contributed by atoms with Crippen molar-refractivity contribution in [2.45, 2.75) is 12.6 Å². The number of carbonyl (C=O) groups is 1. The monoisotopic (exact) mass is 271 g/mol. The lowest BCUT2D eigenvalue weighted by Crippen LogP contribution is -2.15. The van der Waals surface area contributed by atoms with Gasteiger partial charge in [0, 0.05) is 0 Å². The van der Waals surface area contributed by atoms with Gasteiger partial charge < -0.3 is 9.84 Å². The molecule has 0 aliphatic rings. The number of aromatic nitrogens is 1. The van der Waals surface area contributed by atoms with E-state index >= 15 is 0 Å². The quantitative estimate of drug-likeness (QED) is 0.859. The molecule has 18 heavy (non-hydrogen) atoms. The fraction of sp³-hybridized carbons (Fsp3) is 0.333. The summed E-state index contributed by atoms with van der Waals surface area (Å²) < 4.78 is 67.0. The number of aromatic carboxylic acids is 1. The van der Waals surface area contributed by atoms with E-state index in [1.165, 1.54) is 0 Å². The van der Waals surface area contributed by atoms with Crippen LogP contribution in [0, 0.1) is 0 Å². The molecule has 1 aromatic heterocycles. The lowest BCUT2D eigenvalue weighted by atomic mass is 10.1. The molecule has 0 unspecified atom stereocenters. The van der Waals surface area contributed by atoms with Gasteiger partial charge in [-0.05, 0) is 6.07 Å². The molecule has 0 saturated heterocycles. The maximum absolute atomic E-state index is 12.6. The first-order valence-electron chi connectivity index (χ1n) is 4.36. The van der Waals surface area contributed by atoms with Crippen LogP contribution in [0.25, 0.3) is 0 Å². The second-order valence-electron chi connectivity index (χ2n) is 3.08. The van der Waals surface area contributed by atoms with Crippen LogP contribution in [0.2, 0.25) is 0 Å². The van der Waals surface area contributed by atoms with Gasteiger partial charge in [0.15, 0.2) is 11.4 Å². The Morgan fingerprint density at radius 3 is 2.33 bits per heavy atom. The van der Waals surface area contributed by atoms with Crippen molar-refractivity contribution in [2.24, 2.45) is 0 Å². The highest BCUT2D eigenvalue weighted by Gasteiger charge is 2.39. The van der Waals surface area contributed by atoms with Gasteiger partial charge in [0.1, 0.15) is 5.69 Å². The molecule has 0 aliphatic heterocycles. The molecule has 1 N–H and O–H groups in total. The van der Waals surface area contributed by atoms with Crippen LogP contribution in [0.1, 0.15) is 28.2 Å². The molecule has 1 rings (SSSR count). The minimum atomic E-state index is -5.10. The minimum Gasteiger partial charge on any atom is -0.494 e. The van der Waals surface area contributed by atoms with Gasteiger partial charge in [-0.1, -0.05) is 0 Å². The van der Waals surface area contributed by atoms with E-state index in [2.05, 4.69) is 9.72 Å². The SMILES string of the molecule is COc1c(C(F)F)cc(C(=O)O)nc1C(F)(F)F. The minimum absolute atomic E-state index is 0.348. The summed E-state index contributed by atoms with van der Waals surface area (Å²) in [5.41, 5.74) is -4.09. The van der Waals surface area contributed by atoms with Crippen molar-refractivity contribution in [3.8, 4) is 5.75 Å². The summed E-state index contributed by atoms with van der Waals surface area (Å²) in [6.07, 6.45) is -8.41. The molecule has 0 bridgehead atoms. The van der Waals surface area contributed by atoms with Gasteiger partial charge in [-0.2, -0.15) is 13.2 Å². The summed E-state index contributed by atoms with van der Waals surface area (Å²) in [6, 6.07) is 0.348. The summed E-state index contributed by atoms with van der Waals surface area (Å²) in [5.74, 6) is -3.02. The van der Waals surface area contributed by atoms with E-state index in [1.807, 2.05) is 0 Å². The number of hydrogen-bond donors (Lipinski definition) is 1. The number of carboxylic acid groups (broad SMARTS) is 1. The molecule has 0 saturated carbocycles. The number of nitrogens with zero attached hydrogens (tertiary/aromatic N) is 1. The van der Waals surface area contributed by atoms with Crippen molar-refractivity contribution in [1.29, 1.82) is 0 Å². The Morgan fingerprint density at radius 1 is 1.44 bits per heavy atom. The molecule has 4 nitrogen and oxygen atoms in total. The van der Waals surface area contributed by atoms with Crippen LogP contribution in [-0.2, 0) is 6.18 Å². The van der Waals surface area contributed by atoms with Crippen molar-refractivity contribution in [2.75, 3.05) is 7.11 Å². The molecule has 0 atom stereocenters. The third kappa shape index (κ3) is 2.66. The van der Waals surface area contributed by atoms with Gasteiger partial charge in [-0.3, -0.25) is 0 Å². The number of carboxylic acids is 1. The zero-order chi connectivity index (χ0) is 14.1. The van der Waals surface area contributed by atoms with Gasteiger partial charge in [-0.25, -0.2) is 18.6 Å². The summed E-state index contributed by atoms with van der Waals surface area (Å²) in [4.78, 5) is 13.3. The number of methoxy groups -OCH3 is 1. The molecule has 0 aromatic carbocycles. The first kappa shape index (κ1) is 14.1. The largest absolute Gasteiger partial charge is 0.494 e. The Kier molecular flexibility index (Phi) is 3.73. The smallest absolute Gasteiger partial charge is 0.437 e. The number of hydrogen-bond acceptors (Lipinski definition) is 3. The standard InChI is InChI=1S/C9H6F5NO3/c1-18-5-3(7(10)11)2-4(8(16)17)15-6(5)9(12,13)14/h2,7H,1H3,(H,16,17). The van der Waals surface area contributed by atoms with E-state index in [0.717, 1.165) is 7.11 Å². The van der Waals surface area contributed by atoms with Crippen LogP contribution in [0.5, 0.6) is 5.75 Å². The predicted octanol–water partition coefficient (Wildman–Crippen LogP) is 2.74. The zero-order valence-corrected chi connectivity index (χ0v) is 8.76. The van der Waals surface area contributed by atoms with Crippen LogP contribution in [0.3, 0.4) is 0 Å². The Bertz CT molecular complexity index is 472. The zero-order valence-electron chi connectivity index (χ0n) is 8.76. The van der Waals surface area contributed by atoms with Crippen LogP contribution < -0.4 is 4.74 Å². The van der Waals surface area contributed by atoms with Gasteiger partial charge in [0.2, 0.25) is 0 Å². The van der Waals surface area contributed by atoms with E-state index in [4.69, 9.17) is 5.11 Å². The topological polar surface area (TPSA) is 59.4 Å². The van der Waals surface area contributed by atoms with Crippen LogP contribution in [0.15, 0.2) is 6.07 Å². The maximum atomic E-state index is 12.6. The van der Waals surface area contributed by atoms with E-state index in [-0.39, 0.29) is 0 Å². The van der Waals surface area contributed by atoms with Crippen molar-refractivity contribution < 1.29 is 36.6 Å². The third-order valence-corrected chi connectivity index (χ3v) is 1.93. The number of pyridine rings is 1. The molecule has 0 spiro atoms. The molecule has 1 aromatic rings. The number of halogens is 5. The highest BCUT2D eigenvalue weighted by Crippen LogP contribution is 2.40. The van der Waals surface area contributed by atoms with E-state index in [1.54, 1.807) is 0 Å². The highest BCUT2D eigenvalue weighted by molar-refractivity contribution is 5.86. The fourth-order valence-corrected chi connectivity index (χ4v) is 1.23. The summed E-state index contributed by atoms with van der Waals surface area (Å²) >= 11 is 0. The Labute approximate surface area is 97.0 Å². The fourth-order valence-electron chi connectivity index (χ4n) is 1.23. The Hall–Kier alpha value is -1.93. The van der Waals surface area contributed by atoms with Crippen molar-refractivity contribution in [3.05, 3.63) is 23.0 Å². The molecule has 100 valence electrons. The molecule has 1 heterocycles. The summed E-state index contributed by atoms with van der Waals surface area (Å²) in [7, 11) is 0.762. The summed E-state index contributed by atoms with van der Waals surface area (Å²) in [6.45, 7) is 0. The van der Waals surface area contributed by atoms with Crippen LogP contribution >= 0.6 is 0 Å². The number of alkyl halides is 5. The molecule has 0 fully saturated rings. The molecule has 0 amide bonds. The molecule has 0 aliphatic carbocycles. The molecular weight excluding hydrogens is 265 g/mol. The first-order chi connectivity index (χ1) is 8.18. The van der Waals surface area contributed by atoms with Gasteiger partial charge in [-0.15, -0.1) is 0 Å². The molecular formula is C9H6F5NO3. The molecule has 0 radical (unpaired) electrons. The Morgan fingerprint density at radius 2 is 2.00 bits per heavy atom. The van der Waals surface area contributed by atoms with Crippen LogP contribution in [0.4, 0.5) is 22.0 Å². The lowest BCUT2D eigenvalue weighted by molar-refractivity contribution is -0.142. The van der Waals surface area contributed by atoms with E-state index in [9.17, 15) is 26.7 Å². The van der Waals surface area contributed by atoms with Gasteiger partial charge >= 0.3 is 12.1 Å².